The summed E-state index contributed by atoms with van der Waals surface area (Å²) in [5.74, 6) is 0.485. The standard InChI is InChI=1S/C22H23FN4O2/c23-16-8-10-17(11-9-16)26-12-14-27(15-13-26)21(28)7-3-6-20-24-19-5-2-1-4-18(19)22(29)25-20/h1-2,4-5,8-11H,3,6-7,12-15H2,(H,24,25,29). The summed E-state index contributed by atoms with van der Waals surface area (Å²) in [6.07, 6.45) is 1.62. The van der Waals surface area contributed by atoms with Gasteiger partial charge in [-0.2, -0.15) is 0 Å². The molecule has 150 valence electrons. The molecule has 0 saturated carbocycles. The molecule has 0 aliphatic carbocycles. The normalized spacial score (nSPS) is 14.4. The quantitative estimate of drug-likeness (QED) is 0.723. The Morgan fingerprint density at radius 3 is 2.52 bits per heavy atom. The molecule has 0 radical (unpaired) electrons. The molecular weight excluding hydrogens is 371 g/mol. The maximum absolute atomic E-state index is 13.1. The number of carbonyl (C=O) groups excluding carboxylic acids is 1. The Balaban J connectivity index is 1.27. The number of halogens is 1. The van der Waals surface area contributed by atoms with Gasteiger partial charge in [0.2, 0.25) is 5.91 Å². The molecule has 0 bridgehead atoms. The highest BCUT2D eigenvalue weighted by Gasteiger charge is 2.21. The van der Waals surface area contributed by atoms with Crippen LogP contribution in [0.4, 0.5) is 10.1 Å². The molecule has 6 nitrogen and oxygen atoms in total. The molecule has 1 amide bonds. The molecule has 1 aromatic heterocycles. The number of anilines is 1. The number of nitrogens with zero attached hydrogens (tertiary/aromatic N) is 3. The minimum atomic E-state index is -0.246. The Kier molecular flexibility index (Phi) is 5.55. The fourth-order valence-electron chi connectivity index (χ4n) is 3.68. The van der Waals surface area contributed by atoms with Gasteiger partial charge in [0, 0.05) is 44.7 Å². The van der Waals surface area contributed by atoms with Gasteiger partial charge in [-0.3, -0.25) is 9.59 Å². The number of hydrogen-bond acceptors (Lipinski definition) is 4. The van der Waals surface area contributed by atoms with Gasteiger partial charge in [0.15, 0.2) is 0 Å². The predicted octanol–water partition coefficient (Wildman–Crippen LogP) is 2.73. The summed E-state index contributed by atoms with van der Waals surface area (Å²) in [7, 11) is 0. The number of hydrogen-bond donors (Lipinski definition) is 1. The summed E-state index contributed by atoms with van der Waals surface area (Å²) in [6.45, 7) is 2.77. The minimum Gasteiger partial charge on any atom is -0.368 e. The number of carbonyl (C=O) groups is 1. The van der Waals surface area contributed by atoms with E-state index in [4.69, 9.17) is 0 Å². The largest absolute Gasteiger partial charge is 0.368 e. The first-order valence-electron chi connectivity index (χ1n) is 9.86. The maximum atomic E-state index is 13.1. The Morgan fingerprint density at radius 1 is 1.03 bits per heavy atom. The van der Waals surface area contributed by atoms with Crippen molar-refractivity contribution in [1.29, 1.82) is 0 Å². The molecule has 1 fully saturated rings. The molecule has 1 N–H and O–H groups in total. The zero-order valence-corrected chi connectivity index (χ0v) is 16.1. The first-order valence-corrected chi connectivity index (χ1v) is 9.86. The van der Waals surface area contributed by atoms with Gasteiger partial charge >= 0.3 is 0 Å². The number of nitrogens with one attached hydrogen (secondary N) is 1. The summed E-state index contributed by atoms with van der Waals surface area (Å²) in [5, 5.41) is 0.575. The lowest BCUT2D eigenvalue weighted by Crippen LogP contribution is -2.48. The fraction of sp³-hybridized carbons (Fsp3) is 0.318. The van der Waals surface area contributed by atoms with E-state index in [1.54, 1.807) is 18.2 Å². The van der Waals surface area contributed by atoms with E-state index < -0.39 is 0 Å². The minimum absolute atomic E-state index is 0.117. The first-order chi connectivity index (χ1) is 14.1. The van der Waals surface area contributed by atoms with Gasteiger partial charge in [0.1, 0.15) is 11.6 Å². The van der Waals surface area contributed by atoms with E-state index in [0.717, 1.165) is 18.8 Å². The van der Waals surface area contributed by atoms with Crippen molar-refractivity contribution in [1.82, 2.24) is 14.9 Å². The van der Waals surface area contributed by atoms with E-state index in [2.05, 4.69) is 14.9 Å². The maximum Gasteiger partial charge on any atom is 0.258 e. The van der Waals surface area contributed by atoms with Crippen molar-refractivity contribution in [3.05, 3.63) is 70.5 Å². The van der Waals surface area contributed by atoms with Gasteiger partial charge in [0.05, 0.1) is 10.9 Å². The van der Waals surface area contributed by atoms with Crippen LogP contribution in [0.25, 0.3) is 10.9 Å². The number of amides is 1. The number of rotatable bonds is 5. The highest BCUT2D eigenvalue weighted by atomic mass is 19.1. The molecule has 1 saturated heterocycles. The third-order valence-electron chi connectivity index (χ3n) is 5.29. The first kappa shape index (κ1) is 19.1. The third-order valence-corrected chi connectivity index (χ3v) is 5.29. The number of aryl methyl sites for hydroxylation is 1. The number of H-pyrrole nitrogens is 1. The number of aromatic nitrogens is 2. The Hall–Kier alpha value is -3.22. The topological polar surface area (TPSA) is 69.3 Å². The molecule has 1 aliphatic heterocycles. The molecule has 3 aromatic rings. The summed E-state index contributed by atoms with van der Waals surface area (Å²) in [5.41, 5.74) is 1.51. The van der Waals surface area contributed by atoms with Crippen molar-refractivity contribution in [3.63, 3.8) is 0 Å². The van der Waals surface area contributed by atoms with E-state index in [-0.39, 0.29) is 17.3 Å². The molecule has 2 aromatic carbocycles. The van der Waals surface area contributed by atoms with Crippen LogP contribution in [0.2, 0.25) is 0 Å². The average Bonchev–Trinajstić information content (AvgIpc) is 2.74. The van der Waals surface area contributed by atoms with Crippen LogP contribution in [-0.4, -0.2) is 47.0 Å². The summed E-state index contributed by atoms with van der Waals surface area (Å²) >= 11 is 0. The average molecular weight is 394 g/mol. The van der Waals surface area contributed by atoms with Gasteiger partial charge in [-0.1, -0.05) is 12.1 Å². The summed E-state index contributed by atoms with van der Waals surface area (Å²) in [6, 6.07) is 13.7. The molecule has 0 spiro atoms. The lowest BCUT2D eigenvalue weighted by Gasteiger charge is -2.36. The highest BCUT2D eigenvalue weighted by Crippen LogP contribution is 2.17. The van der Waals surface area contributed by atoms with Gasteiger partial charge in [-0.05, 0) is 42.8 Å². The molecule has 0 unspecified atom stereocenters. The van der Waals surface area contributed by atoms with Crippen LogP contribution in [0.1, 0.15) is 18.7 Å². The van der Waals surface area contributed by atoms with E-state index in [0.29, 0.717) is 49.1 Å². The van der Waals surface area contributed by atoms with Crippen LogP contribution in [0, 0.1) is 5.82 Å². The number of para-hydroxylation sites is 1. The lowest BCUT2D eigenvalue weighted by molar-refractivity contribution is -0.131. The molecule has 4 rings (SSSR count). The van der Waals surface area contributed by atoms with Crippen molar-refractivity contribution in [3.8, 4) is 0 Å². The molecule has 2 heterocycles. The highest BCUT2D eigenvalue weighted by molar-refractivity contribution is 5.77. The molecule has 7 heteroatoms. The van der Waals surface area contributed by atoms with Gasteiger partial charge < -0.3 is 14.8 Å². The molecule has 29 heavy (non-hydrogen) atoms. The Bertz CT molecular complexity index is 1060. The monoisotopic (exact) mass is 394 g/mol. The molecule has 1 aliphatic rings. The van der Waals surface area contributed by atoms with E-state index in [1.807, 2.05) is 23.1 Å². The zero-order chi connectivity index (χ0) is 20.2. The van der Waals surface area contributed by atoms with Crippen molar-refractivity contribution in [2.45, 2.75) is 19.3 Å². The second-order valence-corrected chi connectivity index (χ2v) is 7.23. The van der Waals surface area contributed by atoms with Crippen molar-refractivity contribution in [2.24, 2.45) is 0 Å². The summed E-state index contributed by atoms with van der Waals surface area (Å²) in [4.78, 5) is 36.0. The number of piperazine rings is 1. The van der Waals surface area contributed by atoms with Crippen molar-refractivity contribution >= 4 is 22.5 Å². The number of fused-ring (bicyclic) bond motifs is 1. The predicted molar refractivity (Wildman–Crippen MR) is 110 cm³/mol. The Labute approximate surface area is 168 Å². The van der Waals surface area contributed by atoms with Crippen LogP contribution in [0.5, 0.6) is 0 Å². The lowest BCUT2D eigenvalue weighted by atomic mass is 10.1. The van der Waals surface area contributed by atoms with E-state index in [9.17, 15) is 14.0 Å². The van der Waals surface area contributed by atoms with Crippen LogP contribution in [0.15, 0.2) is 53.3 Å². The second-order valence-electron chi connectivity index (χ2n) is 7.23. The van der Waals surface area contributed by atoms with Crippen LogP contribution in [-0.2, 0) is 11.2 Å². The smallest absolute Gasteiger partial charge is 0.258 e. The Morgan fingerprint density at radius 2 is 1.76 bits per heavy atom. The molecule has 0 atom stereocenters. The third kappa shape index (κ3) is 4.45. The molecular formula is C22H23FN4O2. The van der Waals surface area contributed by atoms with Gasteiger partial charge in [-0.15, -0.1) is 0 Å². The summed E-state index contributed by atoms with van der Waals surface area (Å²) < 4.78 is 13.1. The zero-order valence-electron chi connectivity index (χ0n) is 16.1. The number of benzene rings is 2. The SMILES string of the molecule is O=C(CCCc1nc2ccccc2c(=O)[nH]1)N1CCN(c2ccc(F)cc2)CC1. The van der Waals surface area contributed by atoms with Gasteiger partial charge in [-0.25, -0.2) is 9.37 Å². The van der Waals surface area contributed by atoms with Crippen molar-refractivity contribution < 1.29 is 9.18 Å². The van der Waals surface area contributed by atoms with Crippen molar-refractivity contribution in [2.75, 3.05) is 31.1 Å². The fourth-order valence-corrected chi connectivity index (χ4v) is 3.68. The van der Waals surface area contributed by atoms with Crippen LogP contribution in [0.3, 0.4) is 0 Å². The van der Waals surface area contributed by atoms with E-state index >= 15 is 0 Å². The number of aromatic amines is 1. The van der Waals surface area contributed by atoms with Gasteiger partial charge in [0.25, 0.3) is 5.56 Å². The van der Waals surface area contributed by atoms with Crippen LogP contribution >= 0.6 is 0 Å². The van der Waals surface area contributed by atoms with Crippen LogP contribution < -0.4 is 10.5 Å². The van der Waals surface area contributed by atoms with E-state index in [1.165, 1.54) is 12.1 Å². The second kappa shape index (κ2) is 8.43.